The maximum absolute atomic E-state index is 12.6. The average molecular weight is 306 g/mol. The largest absolute Gasteiger partial charge is 0.397 e. The van der Waals surface area contributed by atoms with E-state index in [9.17, 15) is 4.79 Å². The minimum Gasteiger partial charge on any atom is -0.397 e. The zero-order valence-corrected chi connectivity index (χ0v) is 13.4. The van der Waals surface area contributed by atoms with Crippen molar-refractivity contribution < 1.29 is 9.53 Å². The molecule has 0 radical (unpaired) electrons. The summed E-state index contributed by atoms with van der Waals surface area (Å²) in [6, 6.07) is 0. The van der Waals surface area contributed by atoms with Crippen LogP contribution in [0.25, 0.3) is 10.2 Å². The monoisotopic (exact) mass is 306 g/mol. The van der Waals surface area contributed by atoms with Crippen LogP contribution in [0.5, 0.6) is 0 Å². The van der Waals surface area contributed by atoms with Crippen molar-refractivity contribution in [3.05, 3.63) is 16.1 Å². The molecular weight excluding hydrogens is 288 g/mol. The maximum atomic E-state index is 12.6. The Kier molecular flexibility index (Phi) is 3.14. The van der Waals surface area contributed by atoms with Crippen LogP contribution >= 0.6 is 11.3 Å². The van der Waals surface area contributed by atoms with Crippen LogP contribution in [0, 0.1) is 13.8 Å². The smallest absolute Gasteiger partial charge is 0.266 e. The number of nitrogen functional groups attached to an aromatic ring is 1. The number of ether oxygens (including phenoxy) is 1. The third-order valence-corrected chi connectivity index (χ3v) is 5.24. The standard InChI is InChI=1S/C14H18N4O2S/c1-7-8(2)16-17-12-9(7)10(15)11(21-12)13(19)18-5-14(3,6-18)20-4/h5-6,15H2,1-4H3. The highest BCUT2D eigenvalue weighted by Gasteiger charge is 2.42. The van der Waals surface area contributed by atoms with Gasteiger partial charge in [-0.2, -0.15) is 5.10 Å². The zero-order valence-electron chi connectivity index (χ0n) is 12.6. The second kappa shape index (κ2) is 4.64. The van der Waals surface area contributed by atoms with Gasteiger partial charge < -0.3 is 15.4 Å². The molecule has 0 spiro atoms. The number of amides is 1. The summed E-state index contributed by atoms with van der Waals surface area (Å²) < 4.78 is 5.37. The molecule has 1 saturated heterocycles. The van der Waals surface area contributed by atoms with Crippen LogP contribution in [0.4, 0.5) is 5.69 Å². The Balaban J connectivity index is 1.97. The van der Waals surface area contributed by atoms with Gasteiger partial charge in [-0.25, -0.2) is 0 Å². The van der Waals surface area contributed by atoms with Gasteiger partial charge in [-0.05, 0) is 26.3 Å². The molecule has 0 atom stereocenters. The Bertz CT molecular complexity index is 734. The predicted octanol–water partition coefficient (Wildman–Crippen LogP) is 1.75. The Labute approximate surface area is 126 Å². The molecule has 3 rings (SSSR count). The molecule has 0 unspecified atom stereocenters. The number of methoxy groups -OCH3 is 1. The summed E-state index contributed by atoms with van der Waals surface area (Å²) >= 11 is 1.31. The molecular formula is C14H18N4O2S. The molecule has 3 heterocycles. The van der Waals surface area contributed by atoms with E-state index in [2.05, 4.69) is 10.2 Å². The fourth-order valence-corrected chi connectivity index (χ4v) is 3.65. The number of aryl methyl sites for hydroxylation is 2. The zero-order chi connectivity index (χ0) is 15.4. The molecule has 1 fully saturated rings. The molecule has 0 aromatic carbocycles. The van der Waals surface area contributed by atoms with Crippen LogP contribution < -0.4 is 5.73 Å². The lowest BCUT2D eigenvalue weighted by Gasteiger charge is -2.46. The normalized spacial score (nSPS) is 17.0. The van der Waals surface area contributed by atoms with Crippen molar-refractivity contribution in [3.63, 3.8) is 0 Å². The number of nitrogens with zero attached hydrogens (tertiary/aromatic N) is 3. The molecule has 0 saturated carbocycles. The highest BCUT2D eigenvalue weighted by atomic mass is 32.1. The highest BCUT2D eigenvalue weighted by Crippen LogP contribution is 2.37. The Morgan fingerprint density at radius 1 is 1.38 bits per heavy atom. The number of hydrogen-bond acceptors (Lipinski definition) is 6. The Morgan fingerprint density at radius 2 is 2.05 bits per heavy atom. The first kappa shape index (κ1) is 14.2. The van der Waals surface area contributed by atoms with Crippen molar-refractivity contribution in [1.29, 1.82) is 0 Å². The van der Waals surface area contributed by atoms with Crippen LogP contribution in [-0.4, -0.2) is 46.8 Å². The van der Waals surface area contributed by atoms with Gasteiger partial charge in [0.25, 0.3) is 5.91 Å². The van der Waals surface area contributed by atoms with E-state index in [1.54, 1.807) is 12.0 Å². The van der Waals surface area contributed by atoms with Crippen LogP contribution in [0.1, 0.15) is 27.9 Å². The second-order valence-corrected chi connectivity index (χ2v) is 6.75. The molecule has 0 aliphatic carbocycles. The van der Waals surface area contributed by atoms with Crippen molar-refractivity contribution >= 4 is 33.1 Å². The Hall–Kier alpha value is -1.73. The SMILES string of the molecule is COC1(C)CN(C(=O)c2sc3nnc(C)c(C)c3c2N)C1. The average Bonchev–Trinajstić information content (AvgIpc) is 2.76. The van der Waals surface area contributed by atoms with Crippen LogP contribution in [0.3, 0.4) is 0 Å². The number of fused-ring (bicyclic) bond motifs is 1. The molecule has 6 nitrogen and oxygen atoms in total. The van der Waals surface area contributed by atoms with Gasteiger partial charge in [-0.1, -0.05) is 0 Å². The molecule has 2 aromatic rings. The van der Waals surface area contributed by atoms with Crippen LogP contribution in [0.15, 0.2) is 0 Å². The molecule has 2 N–H and O–H groups in total. The number of thiophene rings is 1. The molecule has 1 amide bonds. The van der Waals surface area contributed by atoms with E-state index in [4.69, 9.17) is 10.5 Å². The van der Waals surface area contributed by atoms with Gasteiger partial charge in [-0.15, -0.1) is 16.4 Å². The molecule has 112 valence electrons. The van der Waals surface area contributed by atoms with Crippen molar-refractivity contribution in [3.8, 4) is 0 Å². The van der Waals surface area contributed by atoms with Gasteiger partial charge >= 0.3 is 0 Å². The van der Waals surface area contributed by atoms with Gasteiger partial charge in [0.2, 0.25) is 0 Å². The molecule has 7 heteroatoms. The van der Waals surface area contributed by atoms with Crippen LogP contribution in [0.2, 0.25) is 0 Å². The van der Waals surface area contributed by atoms with E-state index < -0.39 is 0 Å². The third-order valence-electron chi connectivity index (χ3n) is 4.16. The van der Waals surface area contributed by atoms with Gasteiger partial charge in [-0.3, -0.25) is 4.79 Å². The number of hydrogen-bond donors (Lipinski definition) is 1. The summed E-state index contributed by atoms with van der Waals surface area (Å²) in [7, 11) is 1.66. The lowest BCUT2D eigenvalue weighted by Crippen LogP contribution is -2.62. The predicted molar refractivity (Wildman–Crippen MR) is 82.6 cm³/mol. The van der Waals surface area contributed by atoms with E-state index in [1.807, 2.05) is 20.8 Å². The molecule has 1 aliphatic rings. The summed E-state index contributed by atoms with van der Waals surface area (Å²) in [4.78, 5) is 15.6. The first-order valence-electron chi connectivity index (χ1n) is 6.72. The van der Waals surface area contributed by atoms with E-state index in [1.165, 1.54) is 11.3 Å². The maximum Gasteiger partial charge on any atom is 0.266 e. The Morgan fingerprint density at radius 3 is 2.67 bits per heavy atom. The number of nitrogens with two attached hydrogens (primary N) is 1. The molecule has 21 heavy (non-hydrogen) atoms. The third kappa shape index (κ3) is 2.08. The van der Waals surface area contributed by atoms with Crippen molar-refractivity contribution in [2.24, 2.45) is 0 Å². The molecule has 0 bridgehead atoms. The fourth-order valence-electron chi connectivity index (χ4n) is 2.58. The number of anilines is 1. The minimum absolute atomic E-state index is 0.0536. The number of rotatable bonds is 2. The van der Waals surface area contributed by atoms with E-state index >= 15 is 0 Å². The number of aromatic nitrogens is 2. The summed E-state index contributed by atoms with van der Waals surface area (Å²) in [6.45, 7) is 7.00. The first-order valence-corrected chi connectivity index (χ1v) is 7.54. The van der Waals surface area contributed by atoms with E-state index in [0.29, 0.717) is 28.5 Å². The lowest BCUT2D eigenvalue weighted by atomic mass is 9.96. The molecule has 2 aromatic heterocycles. The lowest BCUT2D eigenvalue weighted by molar-refractivity contribution is -0.0946. The topological polar surface area (TPSA) is 81.3 Å². The van der Waals surface area contributed by atoms with Gasteiger partial charge in [0.1, 0.15) is 15.3 Å². The summed E-state index contributed by atoms with van der Waals surface area (Å²) in [5.74, 6) is -0.0536. The number of likely N-dealkylation sites (tertiary alicyclic amines) is 1. The van der Waals surface area contributed by atoms with Gasteiger partial charge in [0.15, 0.2) is 0 Å². The van der Waals surface area contributed by atoms with Gasteiger partial charge in [0.05, 0.1) is 24.5 Å². The fraction of sp³-hybridized carbons (Fsp3) is 0.500. The number of carbonyl (C=O) groups excluding carboxylic acids is 1. The number of carbonyl (C=O) groups is 1. The molecule has 1 aliphatic heterocycles. The minimum atomic E-state index is -0.243. The second-order valence-electron chi connectivity index (χ2n) is 5.75. The van der Waals surface area contributed by atoms with Crippen molar-refractivity contribution in [1.82, 2.24) is 15.1 Å². The van der Waals surface area contributed by atoms with Crippen LogP contribution in [-0.2, 0) is 4.74 Å². The van der Waals surface area contributed by atoms with Gasteiger partial charge in [0, 0.05) is 12.5 Å². The van der Waals surface area contributed by atoms with E-state index in [-0.39, 0.29) is 11.5 Å². The van der Waals surface area contributed by atoms with Crippen molar-refractivity contribution in [2.45, 2.75) is 26.4 Å². The first-order chi connectivity index (χ1) is 9.86. The summed E-state index contributed by atoms with van der Waals surface area (Å²) in [5.41, 5.74) is 8.28. The quantitative estimate of drug-likeness (QED) is 0.914. The van der Waals surface area contributed by atoms with Crippen molar-refractivity contribution in [2.75, 3.05) is 25.9 Å². The highest BCUT2D eigenvalue weighted by molar-refractivity contribution is 7.21. The summed E-state index contributed by atoms with van der Waals surface area (Å²) in [6.07, 6.45) is 0. The van der Waals surface area contributed by atoms with E-state index in [0.717, 1.165) is 16.6 Å². The summed E-state index contributed by atoms with van der Waals surface area (Å²) in [5, 5.41) is 9.10.